The quantitative estimate of drug-likeness (QED) is 0.592. The molecule has 0 aliphatic heterocycles. The maximum Gasteiger partial charge on any atom is 0.00117 e. The summed E-state index contributed by atoms with van der Waals surface area (Å²) in [6, 6.07) is 0. The molecule has 1 aliphatic rings. The molecule has 13 heavy (non-hydrogen) atoms. The first-order valence-corrected chi connectivity index (χ1v) is 5.32. The van der Waals surface area contributed by atoms with Crippen LogP contribution >= 0.6 is 0 Å². The van der Waals surface area contributed by atoms with Crippen LogP contribution in [-0.2, 0) is 0 Å². The summed E-state index contributed by atoms with van der Waals surface area (Å²) in [5.41, 5.74) is 1.58. The molecule has 0 aromatic heterocycles. The van der Waals surface area contributed by atoms with Gasteiger partial charge in [0.1, 0.15) is 0 Å². The smallest absolute Gasteiger partial charge is 0.00117 e. The fraction of sp³-hybridized carbons (Fsp3) is 0.833. The van der Waals surface area contributed by atoms with Crippen molar-refractivity contribution >= 4 is 0 Å². The average molecular weight is 181 g/mol. The van der Waals surface area contributed by atoms with E-state index in [1.54, 1.807) is 5.57 Å². The van der Waals surface area contributed by atoms with Crippen LogP contribution in [0, 0.1) is 17.8 Å². The number of nitrogens with zero attached hydrogens (tertiary/aromatic N) is 1. The lowest BCUT2D eigenvalue weighted by Crippen LogP contribution is -2.32. The minimum absolute atomic E-state index is 0.756. The zero-order chi connectivity index (χ0) is 10.0. The van der Waals surface area contributed by atoms with E-state index in [0.29, 0.717) is 0 Å². The molecule has 0 spiro atoms. The SMILES string of the molecule is CC1=C[C@H](C)[C@H](CN(C)C)[C@@H](C)C1. The zero-order valence-corrected chi connectivity index (χ0v) is 9.67. The Morgan fingerprint density at radius 1 is 1.38 bits per heavy atom. The molecule has 0 saturated carbocycles. The second-order valence-corrected chi connectivity index (χ2v) is 4.98. The van der Waals surface area contributed by atoms with Gasteiger partial charge in [-0.3, -0.25) is 0 Å². The second-order valence-electron chi connectivity index (χ2n) is 4.98. The summed E-state index contributed by atoms with van der Waals surface area (Å²) in [6.45, 7) is 8.24. The fourth-order valence-electron chi connectivity index (χ4n) is 2.59. The van der Waals surface area contributed by atoms with Crippen molar-refractivity contribution in [2.45, 2.75) is 27.2 Å². The van der Waals surface area contributed by atoms with Gasteiger partial charge in [0.2, 0.25) is 0 Å². The van der Waals surface area contributed by atoms with E-state index in [-0.39, 0.29) is 0 Å². The van der Waals surface area contributed by atoms with Gasteiger partial charge in [-0.25, -0.2) is 0 Å². The third-order valence-corrected chi connectivity index (χ3v) is 3.17. The van der Waals surface area contributed by atoms with Gasteiger partial charge in [-0.15, -0.1) is 0 Å². The summed E-state index contributed by atoms with van der Waals surface area (Å²) in [4.78, 5) is 2.31. The van der Waals surface area contributed by atoms with Crippen molar-refractivity contribution in [3.05, 3.63) is 11.6 Å². The molecule has 0 radical (unpaired) electrons. The van der Waals surface area contributed by atoms with Gasteiger partial charge in [-0.2, -0.15) is 0 Å². The topological polar surface area (TPSA) is 3.24 Å². The predicted octanol–water partition coefficient (Wildman–Crippen LogP) is 2.79. The number of allylic oxidation sites excluding steroid dienone is 2. The van der Waals surface area contributed by atoms with E-state index >= 15 is 0 Å². The molecule has 1 nitrogen and oxygen atoms in total. The van der Waals surface area contributed by atoms with Gasteiger partial charge >= 0.3 is 0 Å². The Balaban J connectivity index is 2.63. The Hall–Kier alpha value is -0.300. The minimum Gasteiger partial charge on any atom is -0.309 e. The van der Waals surface area contributed by atoms with Crippen LogP contribution in [0.1, 0.15) is 27.2 Å². The Kier molecular flexibility index (Phi) is 3.55. The van der Waals surface area contributed by atoms with Gasteiger partial charge in [-0.1, -0.05) is 25.5 Å². The van der Waals surface area contributed by atoms with Crippen LogP contribution in [0.5, 0.6) is 0 Å². The lowest BCUT2D eigenvalue weighted by atomic mass is 9.75. The highest BCUT2D eigenvalue weighted by atomic mass is 15.1. The third kappa shape index (κ3) is 2.84. The molecule has 0 bridgehead atoms. The molecule has 1 rings (SSSR count). The van der Waals surface area contributed by atoms with Crippen LogP contribution < -0.4 is 0 Å². The molecule has 0 aromatic carbocycles. The Morgan fingerprint density at radius 2 is 2.00 bits per heavy atom. The molecular weight excluding hydrogens is 158 g/mol. The maximum absolute atomic E-state index is 2.45. The van der Waals surface area contributed by atoms with Gasteiger partial charge in [0.05, 0.1) is 0 Å². The lowest BCUT2D eigenvalue weighted by Gasteiger charge is -2.34. The number of hydrogen-bond donors (Lipinski definition) is 0. The van der Waals surface area contributed by atoms with Gasteiger partial charge < -0.3 is 4.90 Å². The summed E-state index contributed by atoms with van der Waals surface area (Å²) in [7, 11) is 4.34. The van der Waals surface area contributed by atoms with Crippen LogP contribution in [0.15, 0.2) is 11.6 Å². The first-order valence-electron chi connectivity index (χ1n) is 5.32. The highest BCUT2D eigenvalue weighted by molar-refractivity contribution is 5.08. The first kappa shape index (κ1) is 10.8. The average Bonchev–Trinajstić information content (AvgIpc) is 1.96. The Bertz CT molecular complexity index is 193. The standard InChI is InChI=1S/C12H23N/c1-9-6-10(2)12(8-13(4)5)11(3)7-9/h6,10-12H,7-8H2,1-5H3/t10-,11-,12-/m0/s1. The van der Waals surface area contributed by atoms with Crippen molar-refractivity contribution in [3.8, 4) is 0 Å². The highest BCUT2D eigenvalue weighted by Crippen LogP contribution is 2.33. The Labute approximate surface area is 82.8 Å². The molecule has 0 amide bonds. The van der Waals surface area contributed by atoms with Crippen molar-refractivity contribution in [2.24, 2.45) is 17.8 Å². The van der Waals surface area contributed by atoms with Gasteiger partial charge in [0.15, 0.2) is 0 Å². The summed E-state index contributed by atoms with van der Waals surface area (Å²) in [5.74, 6) is 2.45. The van der Waals surface area contributed by atoms with E-state index in [1.807, 2.05) is 0 Å². The molecule has 0 saturated heterocycles. The van der Waals surface area contributed by atoms with Crippen LogP contribution in [0.2, 0.25) is 0 Å². The van der Waals surface area contributed by atoms with E-state index in [2.05, 4.69) is 45.8 Å². The van der Waals surface area contributed by atoms with Gasteiger partial charge in [0, 0.05) is 6.54 Å². The Morgan fingerprint density at radius 3 is 2.46 bits per heavy atom. The van der Waals surface area contributed by atoms with Gasteiger partial charge in [0.25, 0.3) is 0 Å². The zero-order valence-electron chi connectivity index (χ0n) is 9.67. The molecule has 76 valence electrons. The first-order chi connectivity index (χ1) is 6.00. The highest BCUT2D eigenvalue weighted by Gasteiger charge is 2.26. The molecular formula is C12H23N. The molecule has 3 atom stereocenters. The molecule has 0 unspecified atom stereocenters. The van der Waals surface area contributed by atoms with Crippen LogP contribution in [0.3, 0.4) is 0 Å². The van der Waals surface area contributed by atoms with Crippen molar-refractivity contribution in [2.75, 3.05) is 20.6 Å². The maximum atomic E-state index is 2.45. The predicted molar refractivity (Wildman–Crippen MR) is 58.7 cm³/mol. The van der Waals surface area contributed by atoms with E-state index in [0.717, 1.165) is 17.8 Å². The molecule has 0 aromatic rings. The van der Waals surface area contributed by atoms with Crippen molar-refractivity contribution < 1.29 is 0 Å². The summed E-state index contributed by atoms with van der Waals surface area (Å²) in [6.07, 6.45) is 3.75. The number of rotatable bonds is 2. The van der Waals surface area contributed by atoms with E-state index in [4.69, 9.17) is 0 Å². The van der Waals surface area contributed by atoms with Crippen LogP contribution in [0.4, 0.5) is 0 Å². The van der Waals surface area contributed by atoms with E-state index < -0.39 is 0 Å². The monoisotopic (exact) mass is 181 g/mol. The molecule has 1 heteroatoms. The second kappa shape index (κ2) is 4.28. The summed E-state index contributed by atoms with van der Waals surface area (Å²) >= 11 is 0. The molecule has 1 aliphatic carbocycles. The van der Waals surface area contributed by atoms with Crippen LogP contribution in [0.25, 0.3) is 0 Å². The normalized spacial score (nSPS) is 34.9. The van der Waals surface area contributed by atoms with Crippen molar-refractivity contribution in [1.82, 2.24) is 4.90 Å². The lowest BCUT2D eigenvalue weighted by molar-refractivity contribution is 0.204. The van der Waals surface area contributed by atoms with Gasteiger partial charge in [-0.05, 0) is 45.2 Å². The van der Waals surface area contributed by atoms with Crippen molar-refractivity contribution in [3.63, 3.8) is 0 Å². The molecule has 0 heterocycles. The molecule has 0 N–H and O–H groups in total. The number of hydrogen-bond acceptors (Lipinski definition) is 1. The summed E-state index contributed by atoms with van der Waals surface area (Å²) in [5, 5.41) is 0. The third-order valence-electron chi connectivity index (χ3n) is 3.17. The van der Waals surface area contributed by atoms with E-state index in [9.17, 15) is 0 Å². The minimum atomic E-state index is 0.756. The fourth-order valence-corrected chi connectivity index (χ4v) is 2.59. The van der Waals surface area contributed by atoms with E-state index in [1.165, 1.54) is 13.0 Å². The molecule has 0 fully saturated rings. The van der Waals surface area contributed by atoms with Crippen molar-refractivity contribution in [1.29, 1.82) is 0 Å². The largest absolute Gasteiger partial charge is 0.309 e. The van der Waals surface area contributed by atoms with Crippen LogP contribution in [-0.4, -0.2) is 25.5 Å². The summed E-state index contributed by atoms with van der Waals surface area (Å²) < 4.78 is 0.